The Morgan fingerprint density at radius 2 is 2.06 bits per heavy atom. The molecule has 0 spiro atoms. The van der Waals surface area contributed by atoms with Crippen LogP contribution in [0.25, 0.3) is 0 Å². The monoisotopic (exact) mass is 239 g/mol. The summed E-state index contributed by atoms with van der Waals surface area (Å²) < 4.78 is 13.3. The number of hydrogen-bond acceptors (Lipinski definition) is 2. The first-order chi connectivity index (χ1) is 8.06. The van der Waals surface area contributed by atoms with Gasteiger partial charge in [0.2, 0.25) is 0 Å². The third-order valence-electron chi connectivity index (χ3n) is 2.30. The third kappa shape index (κ3) is 3.55. The molecule has 4 nitrogen and oxygen atoms in total. The van der Waals surface area contributed by atoms with E-state index in [0.29, 0.717) is 12.8 Å². The molecule has 17 heavy (non-hydrogen) atoms. The lowest BCUT2D eigenvalue weighted by molar-refractivity contribution is -0.139. The zero-order valence-corrected chi connectivity index (χ0v) is 9.44. The van der Waals surface area contributed by atoms with Crippen molar-refractivity contribution in [1.29, 1.82) is 0 Å². The van der Waals surface area contributed by atoms with Gasteiger partial charge in [0, 0.05) is 0 Å². The Kier molecular flexibility index (Phi) is 4.63. The molecule has 0 bridgehead atoms. The highest BCUT2D eigenvalue weighted by Gasteiger charge is 2.20. The molecular weight excluding hydrogens is 225 g/mol. The fraction of sp³-hybridized carbons (Fsp3) is 0.333. The van der Waals surface area contributed by atoms with Crippen molar-refractivity contribution in [2.45, 2.75) is 25.8 Å². The molecule has 2 N–H and O–H groups in total. The molecule has 1 aromatic carbocycles. The Bertz CT molecular complexity index is 420. The molecule has 0 saturated heterocycles. The van der Waals surface area contributed by atoms with Gasteiger partial charge in [-0.2, -0.15) is 0 Å². The van der Waals surface area contributed by atoms with E-state index < -0.39 is 23.7 Å². The summed E-state index contributed by atoms with van der Waals surface area (Å²) in [5.74, 6) is -2.48. The molecular formula is C12H14FNO3. The number of rotatable bonds is 5. The predicted octanol–water partition coefficient (Wildman–Crippen LogP) is 1.81. The maximum absolute atomic E-state index is 13.3. The summed E-state index contributed by atoms with van der Waals surface area (Å²) in [5, 5.41) is 11.2. The Labute approximate surface area is 98.5 Å². The number of carbonyl (C=O) groups is 2. The van der Waals surface area contributed by atoms with Crippen molar-refractivity contribution < 1.29 is 19.1 Å². The lowest BCUT2D eigenvalue weighted by Crippen LogP contribution is -2.40. The van der Waals surface area contributed by atoms with Crippen LogP contribution in [0.2, 0.25) is 0 Å². The number of aliphatic carboxylic acids is 1. The van der Waals surface area contributed by atoms with E-state index in [1.165, 1.54) is 18.2 Å². The first-order valence-electron chi connectivity index (χ1n) is 5.34. The second kappa shape index (κ2) is 5.98. The summed E-state index contributed by atoms with van der Waals surface area (Å²) >= 11 is 0. The predicted molar refractivity (Wildman–Crippen MR) is 60.2 cm³/mol. The van der Waals surface area contributed by atoms with Gasteiger partial charge in [-0.05, 0) is 18.6 Å². The number of benzene rings is 1. The Morgan fingerprint density at radius 3 is 2.59 bits per heavy atom. The van der Waals surface area contributed by atoms with Crippen LogP contribution in [0.3, 0.4) is 0 Å². The highest BCUT2D eigenvalue weighted by atomic mass is 19.1. The molecule has 92 valence electrons. The maximum Gasteiger partial charge on any atom is 0.326 e. The number of hydrogen-bond donors (Lipinski definition) is 2. The van der Waals surface area contributed by atoms with E-state index in [-0.39, 0.29) is 5.56 Å². The van der Waals surface area contributed by atoms with Crippen molar-refractivity contribution in [2.75, 3.05) is 0 Å². The molecule has 1 aromatic rings. The standard InChI is InChI=1S/C12H14FNO3/c1-2-5-10(12(16)17)14-11(15)8-6-3-4-7-9(8)13/h3-4,6-7,10H,2,5H2,1H3,(H,14,15)(H,16,17)/t10-/m0/s1. The van der Waals surface area contributed by atoms with Gasteiger partial charge in [-0.15, -0.1) is 0 Å². The highest BCUT2D eigenvalue weighted by molar-refractivity contribution is 5.96. The second-order valence-corrected chi connectivity index (χ2v) is 3.63. The highest BCUT2D eigenvalue weighted by Crippen LogP contribution is 2.07. The zero-order chi connectivity index (χ0) is 12.8. The van der Waals surface area contributed by atoms with Gasteiger partial charge in [0.15, 0.2) is 0 Å². The van der Waals surface area contributed by atoms with Gasteiger partial charge in [0.1, 0.15) is 11.9 Å². The normalized spacial score (nSPS) is 11.9. The molecule has 0 aromatic heterocycles. The van der Waals surface area contributed by atoms with E-state index in [1.54, 1.807) is 0 Å². The van der Waals surface area contributed by atoms with Crippen LogP contribution < -0.4 is 5.32 Å². The first-order valence-corrected chi connectivity index (χ1v) is 5.34. The fourth-order valence-corrected chi connectivity index (χ4v) is 1.43. The second-order valence-electron chi connectivity index (χ2n) is 3.63. The molecule has 1 amide bonds. The molecule has 1 atom stereocenters. The molecule has 1 rings (SSSR count). The van der Waals surface area contributed by atoms with Crippen LogP contribution in [-0.4, -0.2) is 23.0 Å². The van der Waals surface area contributed by atoms with Crippen LogP contribution in [0.1, 0.15) is 30.1 Å². The SMILES string of the molecule is CCC[C@H](NC(=O)c1ccccc1F)C(=O)O. The summed E-state index contributed by atoms with van der Waals surface area (Å²) in [7, 11) is 0. The lowest BCUT2D eigenvalue weighted by atomic mass is 10.1. The smallest absolute Gasteiger partial charge is 0.326 e. The van der Waals surface area contributed by atoms with Crippen molar-refractivity contribution in [2.24, 2.45) is 0 Å². The molecule has 0 aliphatic heterocycles. The summed E-state index contributed by atoms with van der Waals surface area (Å²) in [4.78, 5) is 22.5. The van der Waals surface area contributed by atoms with Crippen LogP contribution in [0, 0.1) is 5.82 Å². The Hall–Kier alpha value is -1.91. The average molecular weight is 239 g/mol. The number of carboxylic acids is 1. The molecule has 0 saturated carbocycles. The van der Waals surface area contributed by atoms with E-state index in [4.69, 9.17) is 5.11 Å². The van der Waals surface area contributed by atoms with E-state index in [1.807, 2.05) is 6.92 Å². The van der Waals surface area contributed by atoms with Crippen LogP contribution in [0.15, 0.2) is 24.3 Å². The van der Waals surface area contributed by atoms with Crippen LogP contribution in [0.5, 0.6) is 0 Å². The number of carboxylic acid groups (broad SMARTS) is 1. The largest absolute Gasteiger partial charge is 0.480 e. The van der Waals surface area contributed by atoms with E-state index >= 15 is 0 Å². The fourth-order valence-electron chi connectivity index (χ4n) is 1.43. The van der Waals surface area contributed by atoms with Crippen LogP contribution in [-0.2, 0) is 4.79 Å². The van der Waals surface area contributed by atoms with Gasteiger partial charge >= 0.3 is 5.97 Å². The van der Waals surface area contributed by atoms with Crippen LogP contribution in [0.4, 0.5) is 4.39 Å². The Morgan fingerprint density at radius 1 is 1.41 bits per heavy atom. The van der Waals surface area contributed by atoms with E-state index in [2.05, 4.69) is 5.32 Å². The number of amides is 1. The van der Waals surface area contributed by atoms with Crippen molar-refractivity contribution in [3.63, 3.8) is 0 Å². The summed E-state index contributed by atoms with van der Waals surface area (Å²) in [6.45, 7) is 1.81. The van der Waals surface area contributed by atoms with Gasteiger partial charge in [-0.1, -0.05) is 25.5 Å². The molecule has 0 fully saturated rings. The first kappa shape index (κ1) is 13.2. The topological polar surface area (TPSA) is 66.4 Å². The van der Waals surface area contributed by atoms with Crippen LogP contribution >= 0.6 is 0 Å². The van der Waals surface area contributed by atoms with E-state index in [0.717, 1.165) is 6.07 Å². The van der Waals surface area contributed by atoms with Crippen molar-refractivity contribution in [3.05, 3.63) is 35.6 Å². The van der Waals surface area contributed by atoms with Gasteiger partial charge in [-0.3, -0.25) is 4.79 Å². The third-order valence-corrected chi connectivity index (χ3v) is 2.30. The molecule has 0 heterocycles. The average Bonchev–Trinajstić information content (AvgIpc) is 2.28. The summed E-state index contributed by atoms with van der Waals surface area (Å²) in [6, 6.07) is 4.48. The zero-order valence-electron chi connectivity index (χ0n) is 9.44. The number of nitrogens with one attached hydrogen (secondary N) is 1. The molecule has 5 heteroatoms. The van der Waals surface area contributed by atoms with Crippen molar-refractivity contribution >= 4 is 11.9 Å². The summed E-state index contributed by atoms with van der Waals surface area (Å²) in [6.07, 6.45) is 0.935. The van der Waals surface area contributed by atoms with Gasteiger partial charge in [0.05, 0.1) is 5.56 Å². The van der Waals surface area contributed by atoms with Crippen molar-refractivity contribution in [1.82, 2.24) is 5.32 Å². The van der Waals surface area contributed by atoms with E-state index in [9.17, 15) is 14.0 Å². The Balaban J connectivity index is 2.77. The molecule has 0 radical (unpaired) electrons. The molecule has 0 aliphatic carbocycles. The molecule has 0 aliphatic rings. The number of carbonyl (C=O) groups excluding carboxylic acids is 1. The minimum Gasteiger partial charge on any atom is -0.480 e. The lowest BCUT2D eigenvalue weighted by Gasteiger charge is -2.13. The quantitative estimate of drug-likeness (QED) is 0.823. The molecule has 0 unspecified atom stereocenters. The number of halogens is 1. The summed E-state index contributed by atoms with van der Waals surface area (Å²) in [5.41, 5.74) is -0.144. The minimum atomic E-state index is -1.11. The minimum absolute atomic E-state index is 0.144. The maximum atomic E-state index is 13.3. The van der Waals surface area contributed by atoms with Gasteiger partial charge < -0.3 is 10.4 Å². The van der Waals surface area contributed by atoms with Crippen molar-refractivity contribution in [3.8, 4) is 0 Å². The van der Waals surface area contributed by atoms with Gasteiger partial charge in [0.25, 0.3) is 5.91 Å². The van der Waals surface area contributed by atoms with Gasteiger partial charge in [-0.25, -0.2) is 9.18 Å².